The number of aromatic nitrogens is 1. The van der Waals surface area contributed by atoms with Crippen LogP contribution in [0.2, 0.25) is 0 Å². The summed E-state index contributed by atoms with van der Waals surface area (Å²) in [5.41, 5.74) is 1.74. The van der Waals surface area contributed by atoms with Gasteiger partial charge in [-0.15, -0.1) is 11.3 Å². The fraction of sp³-hybridized carbons (Fsp3) is 0.238. The lowest BCUT2D eigenvalue weighted by Crippen LogP contribution is -2.27. The summed E-state index contributed by atoms with van der Waals surface area (Å²) in [5.74, 6) is 1.13. The zero-order valence-electron chi connectivity index (χ0n) is 15.8. The molecule has 0 saturated carbocycles. The van der Waals surface area contributed by atoms with Gasteiger partial charge in [-0.05, 0) is 31.2 Å². The second kappa shape index (κ2) is 8.22. The summed E-state index contributed by atoms with van der Waals surface area (Å²) in [6.45, 7) is 1.98. The zero-order valence-corrected chi connectivity index (χ0v) is 16.6. The molecule has 0 N–H and O–H groups in total. The van der Waals surface area contributed by atoms with E-state index in [9.17, 15) is 4.79 Å². The number of carbonyl (C=O) groups is 1. The van der Waals surface area contributed by atoms with Crippen LogP contribution in [0.25, 0.3) is 16.3 Å². The molecular weight excluding hydrogens is 360 g/mol. The van der Waals surface area contributed by atoms with E-state index >= 15 is 0 Å². The van der Waals surface area contributed by atoms with Crippen molar-refractivity contribution in [1.82, 2.24) is 9.88 Å². The van der Waals surface area contributed by atoms with Gasteiger partial charge in [-0.3, -0.25) is 4.79 Å². The molecule has 0 radical (unpaired) electrons. The molecule has 0 aliphatic carbocycles. The Kier molecular flexibility index (Phi) is 5.76. The number of benzene rings is 2. The second-order valence-corrected chi connectivity index (χ2v) is 7.12. The van der Waals surface area contributed by atoms with E-state index in [4.69, 9.17) is 9.47 Å². The molecule has 5 nitrogen and oxygen atoms in total. The van der Waals surface area contributed by atoms with Crippen molar-refractivity contribution in [2.24, 2.45) is 0 Å². The Bertz CT molecular complexity index is 947. The highest BCUT2D eigenvalue weighted by Crippen LogP contribution is 2.32. The van der Waals surface area contributed by atoms with Crippen LogP contribution in [0.1, 0.15) is 23.5 Å². The number of para-hydroxylation sites is 2. The van der Waals surface area contributed by atoms with Gasteiger partial charge in [0.05, 0.1) is 30.5 Å². The number of carbonyl (C=O) groups excluding carboxylic acids is 1. The molecule has 1 atom stereocenters. The van der Waals surface area contributed by atoms with Gasteiger partial charge in [0.2, 0.25) is 5.91 Å². The van der Waals surface area contributed by atoms with Crippen molar-refractivity contribution in [3.05, 3.63) is 59.1 Å². The number of fused-ring (bicyclic) bond motifs is 1. The maximum atomic E-state index is 12.6. The summed E-state index contributed by atoms with van der Waals surface area (Å²) >= 11 is 1.61. The van der Waals surface area contributed by atoms with Crippen molar-refractivity contribution in [3.63, 3.8) is 0 Å². The van der Waals surface area contributed by atoms with Crippen LogP contribution in [-0.4, -0.2) is 37.1 Å². The van der Waals surface area contributed by atoms with E-state index in [1.807, 2.05) is 49.4 Å². The lowest BCUT2D eigenvalue weighted by Gasteiger charge is -2.21. The van der Waals surface area contributed by atoms with Crippen LogP contribution in [-0.2, 0) is 4.79 Å². The summed E-state index contributed by atoms with van der Waals surface area (Å²) in [7, 11) is 4.95. The Labute approximate surface area is 162 Å². The Balaban J connectivity index is 1.78. The molecule has 3 aromatic rings. The van der Waals surface area contributed by atoms with Crippen LogP contribution in [0, 0.1) is 0 Å². The molecule has 1 aromatic heterocycles. The van der Waals surface area contributed by atoms with Crippen LogP contribution in [0.15, 0.2) is 48.5 Å². The van der Waals surface area contributed by atoms with Crippen molar-refractivity contribution >= 4 is 33.5 Å². The van der Waals surface area contributed by atoms with Gasteiger partial charge in [-0.25, -0.2) is 4.98 Å². The van der Waals surface area contributed by atoms with Crippen molar-refractivity contribution in [2.75, 3.05) is 21.3 Å². The van der Waals surface area contributed by atoms with Crippen molar-refractivity contribution in [3.8, 4) is 11.5 Å². The highest BCUT2D eigenvalue weighted by molar-refractivity contribution is 7.18. The fourth-order valence-electron chi connectivity index (χ4n) is 2.75. The van der Waals surface area contributed by atoms with E-state index in [1.165, 1.54) is 0 Å². The normalized spacial score (nSPS) is 12.3. The van der Waals surface area contributed by atoms with Crippen LogP contribution in [0.4, 0.5) is 0 Å². The first-order chi connectivity index (χ1) is 13.0. The Hall–Kier alpha value is -2.86. The summed E-state index contributed by atoms with van der Waals surface area (Å²) in [6, 6.07) is 13.4. The summed E-state index contributed by atoms with van der Waals surface area (Å²) in [5, 5.41) is 0.916. The van der Waals surface area contributed by atoms with Crippen molar-refractivity contribution < 1.29 is 14.3 Å². The van der Waals surface area contributed by atoms with E-state index < -0.39 is 0 Å². The quantitative estimate of drug-likeness (QED) is 0.587. The predicted molar refractivity (Wildman–Crippen MR) is 109 cm³/mol. The predicted octanol–water partition coefficient (Wildman–Crippen LogP) is 4.55. The minimum Gasteiger partial charge on any atom is -0.493 e. The van der Waals surface area contributed by atoms with Gasteiger partial charge < -0.3 is 14.4 Å². The zero-order chi connectivity index (χ0) is 19.4. The van der Waals surface area contributed by atoms with Gasteiger partial charge in [-0.2, -0.15) is 0 Å². The lowest BCUT2D eigenvalue weighted by atomic mass is 10.1. The number of thiazole rings is 1. The van der Waals surface area contributed by atoms with E-state index in [0.717, 1.165) is 20.8 Å². The molecule has 2 aromatic carbocycles. The van der Waals surface area contributed by atoms with Crippen LogP contribution >= 0.6 is 11.3 Å². The Morgan fingerprint density at radius 1 is 1.15 bits per heavy atom. The van der Waals surface area contributed by atoms with E-state index in [1.54, 1.807) is 49.7 Å². The maximum Gasteiger partial charge on any atom is 0.246 e. The third-order valence-electron chi connectivity index (χ3n) is 4.44. The van der Waals surface area contributed by atoms with Crippen LogP contribution < -0.4 is 9.47 Å². The van der Waals surface area contributed by atoms with Gasteiger partial charge in [0.15, 0.2) is 11.5 Å². The number of amides is 1. The number of rotatable bonds is 6. The smallest absolute Gasteiger partial charge is 0.246 e. The molecule has 0 aliphatic heterocycles. The number of hydrogen-bond acceptors (Lipinski definition) is 5. The first kappa shape index (κ1) is 18.9. The minimum atomic E-state index is -0.119. The SMILES string of the molecule is COc1cccc(/C=C/C(=O)N(C)[C@@H](C)c2nc3ccccc3s2)c1OC. The topological polar surface area (TPSA) is 51.7 Å². The largest absolute Gasteiger partial charge is 0.493 e. The molecule has 3 rings (SSSR count). The number of nitrogens with zero attached hydrogens (tertiary/aromatic N) is 2. The molecule has 140 valence electrons. The number of likely N-dealkylation sites (N-methyl/N-ethyl adjacent to an activating group) is 1. The highest BCUT2D eigenvalue weighted by atomic mass is 32.1. The number of methoxy groups -OCH3 is 2. The molecule has 6 heteroatoms. The molecule has 0 bridgehead atoms. The molecular formula is C21H22N2O3S. The lowest BCUT2D eigenvalue weighted by molar-refractivity contribution is -0.126. The van der Waals surface area contributed by atoms with Gasteiger partial charge >= 0.3 is 0 Å². The maximum absolute atomic E-state index is 12.6. The second-order valence-electron chi connectivity index (χ2n) is 6.06. The Morgan fingerprint density at radius 3 is 2.63 bits per heavy atom. The summed E-state index contributed by atoms with van der Waals surface area (Å²) < 4.78 is 11.8. The monoisotopic (exact) mass is 382 g/mol. The van der Waals surface area contributed by atoms with Gasteiger partial charge in [0, 0.05) is 18.7 Å². The van der Waals surface area contributed by atoms with E-state index in [2.05, 4.69) is 4.98 Å². The summed E-state index contributed by atoms with van der Waals surface area (Å²) in [4.78, 5) is 19.0. The molecule has 0 saturated heterocycles. The van der Waals surface area contributed by atoms with Gasteiger partial charge in [0.1, 0.15) is 5.01 Å². The molecule has 0 fully saturated rings. The number of hydrogen-bond donors (Lipinski definition) is 0. The van der Waals surface area contributed by atoms with Crippen molar-refractivity contribution in [2.45, 2.75) is 13.0 Å². The third kappa shape index (κ3) is 3.95. The van der Waals surface area contributed by atoms with Gasteiger partial charge in [-0.1, -0.05) is 24.3 Å². The average Bonchev–Trinajstić information content (AvgIpc) is 3.14. The molecule has 1 heterocycles. The molecule has 27 heavy (non-hydrogen) atoms. The standard InChI is InChI=1S/C21H22N2O3S/c1-14(21-22-16-9-5-6-11-18(16)27-21)23(2)19(24)13-12-15-8-7-10-17(25-3)20(15)26-4/h5-14H,1-4H3/b13-12+/t14-/m0/s1. The van der Waals surface area contributed by atoms with Crippen LogP contribution in [0.3, 0.4) is 0 Å². The summed E-state index contributed by atoms with van der Waals surface area (Å²) in [6.07, 6.45) is 3.28. The van der Waals surface area contributed by atoms with Crippen LogP contribution in [0.5, 0.6) is 11.5 Å². The van der Waals surface area contributed by atoms with Crippen molar-refractivity contribution in [1.29, 1.82) is 0 Å². The molecule has 1 amide bonds. The minimum absolute atomic E-state index is 0.105. The Morgan fingerprint density at radius 2 is 1.93 bits per heavy atom. The first-order valence-corrected chi connectivity index (χ1v) is 9.38. The highest BCUT2D eigenvalue weighted by Gasteiger charge is 2.19. The third-order valence-corrected chi connectivity index (χ3v) is 5.64. The molecule has 0 spiro atoms. The first-order valence-electron chi connectivity index (χ1n) is 8.56. The fourth-order valence-corrected chi connectivity index (χ4v) is 3.81. The average molecular weight is 382 g/mol. The molecule has 0 unspecified atom stereocenters. The van der Waals surface area contributed by atoms with Gasteiger partial charge in [0.25, 0.3) is 0 Å². The van der Waals surface area contributed by atoms with E-state index in [-0.39, 0.29) is 11.9 Å². The number of ether oxygens (including phenoxy) is 2. The van der Waals surface area contributed by atoms with E-state index in [0.29, 0.717) is 11.5 Å². The molecule has 0 aliphatic rings.